The van der Waals surface area contributed by atoms with E-state index in [2.05, 4.69) is 0 Å². The minimum Gasteiger partial charge on any atom is -0.465 e. The van der Waals surface area contributed by atoms with Crippen molar-refractivity contribution in [3.8, 4) is 0 Å². The highest BCUT2D eigenvalue weighted by molar-refractivity contribution is 6.39. The number of hydrogen-bond donors (Lipinski definition) is 0. The smallest absolute Gasteiger partial charge is 0.325 e. The highest BCUT2D eigenvalue weighted by Gasteiger charge is 2.24. The zero-order valence-electron chi connectivity index (χ0n) is 6.73. The number of carbonyl (C=O) groups excluding carboxylic acids is 1. The van der Waals surface area contributed by atoms with Crippen molar-refractivity contribution in [2.24, 2.45) is 0 Å². The van der Waals surface area contributed by atoms with Gasteiger partial charge < -0.3 is 4.74 Å². The van der Waals surface area contributed by atoms with Crippen LogP contribution in [0.3, 0.4) is 0 Å². The average Bonchev–Trinajstić information content (AvgIpc) is 2.11. The Morgan fingerprint density at radius 3 is 2.50 bits per heavy atom. The molecule has 0 fully saturated rings. The van der Waals surface area contributed by atoms with Crippen molar-refractivity contribution in [3.63, 3.8) is 0 Å². The first-order chi connectivity index (χ1) is 5.63. The van der Waals surface area contributed by atoms with Crippen LogP contribution in [-0.2, 0) is 9.53 Å². The van der Waals surface area contributed by atoms with Crippen molar-refractivity contribution >= 4 is 40.8 Å². The Morgan fingerprint density at radius 2 is 2.08 bits per heavy atom. The van der Waals surface area contributed by atoms with Gasteiger partial charge in [0.2, 0.25) is 0 Å². The van der Waals surface area contributed by atoms with Crippen molar-refractivity contribution in [2.45, 2.75) is 24.1 Å². The summed E-state index contributed by atoms with van der Waals surface area (Å²) >= 11 is 16.7. The Morgan fingerprint density at radius 1 is 1.50 bits per heavy atom. The Balaban J connectivity index is 3.75. The number of carbonyl (C=O) groups is 1. The van der Waals surface area contributed by atoms with Crippen molar-refractivity contribution < 1.29 is 9.53 Å². The molecule has 0 aromatic heterocycles. The summed E-state index contributed by atoms with van der Waals surface area (Å²) in [6.07, 6.45) is 0.767. The summed E-state index contributed by atoms with van der Waals surface area (Å²) in [6, 6.07) is 0. The quantitative estimate of drug-likeness (QED) is 0.538. The van der Waals surface area contributed by atoms with Crippen LogP contribution in [0.4, 0.5) is 0 Å². The average molecular weight is 234 g/mol. The highest BCUT2D eigenvalue weighted by atomic mass is 35.5. The van der Waals surface area contributed by atoms with E-state index in [0.717, 1.165) is 6.42 Å². The standard InChI is InChI=1S/C7H11Cl3O2/c1-2-3-12-7(11)6(10)5(9)4-8/h5-6H,2-4H2,1H3. The monoisotopic (exact) mass is 232 g/mol. The minimum atomic E-state index is -0.851. The third-order valence-electron chi connectivity index (χ3n) is 1.14. The first-order valence-electron chi connectivity index (χ1n) is 3.64. The number of rotatable bonds is 5. The zero-order valence-corrected chi connectivity index (χ0v) is 8.99. The summed E-state index contributed by atoms with van der Waals surface area (Å²) < 4.78 is 4.76. The van der Waals surface area contributed by atoms with Crippen LogP contribution >= 0.6 is 34.8 Å². The van der Waals surface area contributed by atoms with Gasteiger partial charge in [-0.2, -0.15) is 0 Å². The maximum absolute atomic E-state index is 11.0. The molecule has 0 amide bonds. The van der Waals surface area contributed by atoms with Gasteiger partial charge >= 0.3 is 5.97 Å². The first-order valence-corrected chi connectivity index (χ1v) is 5.05. The van der Waals surface area contributed by atoms with Crippen molar-refractivity contribution in [3.05, 3.63) is 0 Å². The Labute approximate surface area is 87.1 Å². The van der Waals surface area contributed by atoms with Crippen molar-refractivity contribution in [1.82, 2.24) is 0 Å². The number of hydrogen-bond acceptors (Lipinski definition) is 2. The van der Waals surface area contributed by atoms with Gasteiger partial charge in [-0.15, -0.1) is 34.8 Å². The molecule has 0 N–H and O–H groups in total. The molecule has 0 aromatic rings. The molecule has 72 valence electrons. The molecule has 12 heavy (non-hydrogen) atoms. The van der Waals surface area contributed by atoms with Crippen LogP contribution in [0.15, 0.2) is 0 Å². The molecule has 0 saturated heterocycles. The molecule has 0 aromatic carbocycles. The fourth-order valence-electron chi connectivity index (χ4n) is 0.508. The maximum Gasteiger partial charge on any atom is 0.325 e. The van der Waals surface area contributed by atoms with Crippen LogP contribution in [0.1, 0.15) is 13.3 Å². The van der Waals surface area contributed by atoms with Crippen LogP contribution in [0, 0.1) is 0 Å². The second kappa shape index (κ2) is 6.81. The van der Waals surface area contributed by atoms with Crippen LogP contribution in [0.2, 0.25) is 0 Å². The third kappa shape index (κ3) is 4.39. The topological polar surface area (TPSA) is 26.3 Å². The van der Waals surface area contributed by atoms with E-state index in [1.807, 2.05) is 6.92 Å². The molecular formula is C7H11Cl3O2. The summed E-state index contributed by atoms with van der Waals surface area (Å²) in [5, 5.41) is -1.42. The highest BCUT2D eigenvalue weighted by Crippen LogP contribution is 2.13. The van der Waals surface area contributed by atoms with Gasteiger partial charge in [-0.3, -0.25) is 4.79 Å². The fraction of sp³-hybridized carbons (Fsp3) is 0.857. The summed E-state index contributed by atoms with van der Waals surface area (Å²) in [4.78, 5) is 11.0. The van der Waals surface area contributed by atoms with Crippen LogP contribution in [0.5, 0.6) is 0 Å². The number of esters is 1. The molecule has 0 aliphatic rings. The van der Waals surface area contributed by atoms with Gasteiger partial charge in [0.1, 0.15) is 5.38 Å². The number of halogens is 3. The molecule has 2 unspecified atom stereocenters. The van der Waals surface area contributed by atoms with Gasteiger partial charge in [0.15, 0.2) is 0 Å². The Kier molecular flexibility index (Phi) is 7.01. The van der Waals surface area contributed by atoms with E-state index >= 15 is 0 Å². The predicted molar refractivity (Wildman–Crippen MR) is 51.3 cm³/mol. The molecular weight excluding hydrogens is 222 g/mol. The number of ether oxygens (including phenoxy) is 1. The summed E-state index contributed by atoms with van der Waals surface area (Å²) in [7, 11) is 0. The number of alkyl halides is 3. The van der Waals surface area contributed by atoms with Crippen molar-refractivity contribution in [1.29, 1.82) is 0 Å². The lowest BCUT2D eigenvalue weighted by Crippen LogP contribution is -2.28. The normalized spacial score (nSPS) is 15.3. The largest absolute Gasteiger partial charge is 0.465 e. The van der Waals surface area contributed by atoms with Crippen LogP contribution in [-0.4, -0.2) is 29.2 Å². The van der Waals surface area contributed by atoms with Gasteiger partial charge in [0.05, 0.1) is 12.0 Å². The molecule has 2 nitrogen and oxygen atoms in total. The second-order valence-corrected chi connectivity index (χ2v) is 3.58. The molecule has 0 saturated carbocycles. The summed E-state index contributed by atoms with van der Waals surface area (Å²) in [5.41, 5.74) is 0. The van der Waals surface area contributed by atoms with E-state index in [1.54, 1.807) is 0 Å². The molecule has 0 spiro atoms. The molecule has 0 bridgehead atoms. The molecule has 0 aliphatic heterocycles. The van der Waals surface area contributed by atoms with Crippen LogP contribution in [0.25, 0.3) is 0 Å². The summed E-state index contributed by atoms with van der Waals surface area (Å²) in [6.45, 7) is 2.27. The first kappa shape index (κ1) is 12.3. The third-order valence-corrected chi connectivity index (χ3v) is 2.65. The van der Waals surface area contributed by atoms with Gasteiger partial charge in [-0.25, -0.2) is 0 Å². The molecule has 0 rings (SSSR count). The van der Waals surface area contributed by atoms with Gasteiger partial charge in [-0.05, 0) is 6.42 Å². The molecule has 0 aliphatic carbocycles. The molecule has 0 heterocycles. The minimum absolute atomic E-state index is 0.136. The van der Waals surface area contributed by atoms with E-state index in [1.165, 1.54) is 0 Å². The Hall–Kier alpha value is 0.340. The van der Waals surface area contributed by atoms with Gasteiger partial charge in [0, 0.05) is 5.88 Å². The van der Waals surface area contributed by atoms with E-state index in [9.17, 15) is 4.79 Å². The van der Waals surface area contributed by atoms with Gasteiger partial charge in [0.25, 0.3) is 0 Å². The van der Waals surface area contributed by atoms with Gasteiger partial charge in [-0.1, -0.05) is 6.92 Å². The lowest BCUT2D eigenvalue weighted by atomic mass is 10.3. The molecule has 2 atom stereocenters. The van der Waals surface area contributed by atoms with E-state index in [0.29, 0.717) is 6.61 Å². The lowest BCUT2D eigenvalue weighted by Gasteiger charge is -2.11. The van der Waals surface area contributed by atoms with Crippen LogP contribution < -0.4 is 0 Å². The Bertz CT molecular complexity index is 141. The molecule has 0 radical (unpaired) electrons. The summed E-state index contributed by atoms with van der Waals surface area (Å²) in [5.74, 6) is -0.365. The SMILES string of the molecule is CCCOC(=O)C(Cl)C(Cl)CCl. The maximum atomic E-state index is 11.0. The van der Waals surface area contributed by atoms with E-state index < -0.39 is 16.7 Å². The lowest BCUT2D eigenvalue weighted by molar-refractivity contribution is -0.143. The second-order valence-electron chi connectivity index (χ2n) is 2.24. The van der Waals surface area contributed by atoms with Crippen molar-refractivity contribution in [2.75, 3.05) is 12.5 Å². The predicted octanol–water partition coefficient (Wildman–Crippen LogP) is 2.39. The zero-order chi connectivity index (χ0) is 9.56. The van der Waals surface area contributed by atoms with E-state index in [4.69, 9.17) is 39.5 Å². The van der Waals surface area contributed by atoms with E-state index in [-0.39, 0.29) is 5.88 Å². The molecule has 5 heteroatoms. The fourth-order valence-corrected chi connectivity index (χ4v) is 1.03.